The Balaban J connectivity index is 1.83. The van der Waals surface area contributed by atoms with E-state index in [0.717, 1.165) is 6.42 Å². The van der Waals surface area contributed by atoms with Crippen LogP contribution in [-0.4, -0.2) is 29.1 Å². The molecule has 3 aromatic carbocycles. The van der Waals surface area contributed by atoms with Gasteiger partial charge in [0, 0.05) is 28.4 Å². The predicted molar refractivity (Wildman–Crippen MR) is 137 cm³/mol. The molecule has 0 saturated heterocycles. The van der Waals surface area contributed by atoms with Crippen LogP contribution in [0.5, 0.6) is 5.75 Å². The molecule has 0 atom stereocenters. The molecule has 0 unspecified atom stereocenters. The van der Waals surface area contributed by atoms with Crippen molar-refractivity contribution in [2.24, 2.45) is 0 Å². The number of rotatable bonds is 8. The molecule has 0 saturated carbocycles. The summed E-state index contributed by atoms with van der Waals surface area (Å²) in [6.07, 6.45) is 0.809. The SMILES string of the molecule is CCCNC(=O)c1ccc2c(=O)n(-c3ccc(OC)cc3)c(SCc3c(F)cccc3Cl)nc2c1. The molecular formula is C26H23ClFN3O3S. The second kappa shape index (κ2) is 10.9. The number of carbonyl (C=O) groups is 1. The average molecular weight is 512 g/mol. The Bertz CT molecular complexity index is 1420. The maximum atomic E-state index is 14.4. The Morgan fingerprint density at radius 1 is 1.17 bits per heavy atom. The summed E-state index contributed by atoms with van der Waals surface area (Å²) in [7, 11) is 1.56. The van der Waals surface area contributed by atoms with E-state index in [1.807, 2.05) is 6.92 Å². The molecule has 0 bridgehead atoms. The number of benzene rings is 3. The summed E-state index contributed by atoms with van der Waals surface area (Å²) in [6.45, 7) is 2.52. The summed E-state index contributed by atoms with van der Waals surface area (Å²) in [5.41, 5.74) is 1.39. The van der Waals surface area contributed by atoms with Gasteiger partial charge in [-0.1, -0.05) is 36.4 Å². The molecule has 0 radical (unpaired) electrons. The lowest BCUT2D eigenvalue weighted by molar-refractivity contribution is 0.0953. The fourth-order valence-electron chi connectivity index (χ4n) is 3.51. The maximum Gasteiger partial charge on any atom is 0.266 e. The minimum absolute atomic E-state index is 0.163. The first kappa shape index (κ1) is 24.8. The summed E-state index contributed by atoms with van der Waals surface area (Å²) in [5, 5.41) is 3.83. The van der Waals surface area contributed by atoms with E-state index in [1.54, 1.807) is 61.7 Å². The van der Waals surface area contributed by atoms with Crippen LogP contribution in [0.15, 0.2) is 70.6 Å². The molecule has 4 rings (SSSR count). The van der Waals surface area contributed by atoms with Gasteiger partial charge in [-0.2, -0.15) is 0 Å². The third kappa shape index (κ3) is 5.33. The summed E-state index contributed by atoms with van der Waals surface area (Å²) >= 11 is 7.39. The van der Waals surface area contributed by atoms with Crippen molar-refractivity contribution in [1.29, 1.82) is 0 Å². The zero-order valence-electron chi connectivity index (χ0n) is 19.2. The fraction of sp³-hybridized carbons (Fsp3) is 0.192. The third-order valence-electron chi connectivity index (χ3n) is 5.37. The second-order valence-corrected chi connectivity index (χ2v) is 9.06. The number of aromatic nitrogens is 2. The number of ether oxygens (including phenoxy) is 1. The van der Waals surface area contributed by atoms with Crippen molar-refractivity contribution in [1.82, 2.24) is 14.9 Å². The van der Waals surface area contributed by atoms with E-state index in [1.165, 1.54) is 22.4 Å². The standard InChI is InChI=1S/C26H23ClFN3O3S/c1-3-13-29-24(32)16-7-12-19-23(14-16)30-26(35-15-20-21(27)5-4-6-22(20)28)31(25(19)33)17-8-10-18(34-2)11-9-17/h4-12,14H,3,13,15H2,1-2H3,(H,29,32). The number of hydrogen-bond donors (Lipinski definition) is 1. The molecule has 4 aromatic rings. The highest BCUT2D eigenvalue weighted by Crippen LogP contribution is 2.29. The molecule has 9 heteroatoms. The van der Waals surface area contributed by atoms with Crippen LogP contribution in [-0.2, 0) is 5.75 Å². The Kier molecular flexibility index (Phi) is 7.73. The largest absolute Gasteiger partial charge is 0.497 e. The van der Waals surface area contributed by atoms with Crippen LogP contribution in [0, 0.1) is 5.82 Å². The first-order valence-electron chi connectivity index (χ1n) is 11.0. The lowest BCUT2D eigenvalue weighted by Gasteiger charge is -2.15. The van der Waals surface area contributed by atoms with Gasteiger partial charge in [0.05, 0.1) is 23.7 Å². The van der Waals surface area contributed by atoms with Gasteiger partial charge in [-0.05, 0) is 61.0 Å². The lowest BCUT2D eigenvalue weighted by Crippen LogP contribution is -2.25. The van der Waals surface area contributed by atoms with Crippen LogP contribution < -0.4 is 15.6 Å². The topological polar surface area (TPSA) is 73.2 Å². The minimum Gasteiger partial charge on any atom is -0.497 e. The quantitative estimate of drug-likeness (QED) is 0.245. The Morgan fingerprint density at radius 2 is 1.94 bits per heavy atom. The van der Waals surface area contributed by atoms with Crippen LogP contribution in [0.2, 0.25) is 5.02 Å². The average Bonchev–Trinajstić information content (AvgIpc) is 2.87. The monoisotopic (exact) mass is 511 g/mol. The lowest BCUT2D eigenvalue weighted by atomic mass is 10.1. The van der Waals surface area contributed by atoms with E-state index in [4.69, 9.17) is 21.3 Å². The van der Waals surface area contributed by atoms with E-state index < -0.39 is 5.82 Å². The molecule has 0 aliphatic carbocycles. The first-order chi connectivity index (χ1) is 16.9. The van der Waals surface area contributed by atoms with Gasteiger partial charge in [-0.25, -0.2) is 9.37 Å². The van der Waals surface area contributed by atoms with Gasteiger partial charge >= 0.3 is 0 Å². The van der Waals surface area contributed by atoms with Gasteiger partial charge < -0.3 is 10.1 Å². The van der Waals surface area contributed by atoms with Gasteiger partial charge in [0.25, 0.3) is 11.5 Å². The van der Waals surface area contributed by atoms with Crippen molar-refractivity contribution in [3.63, 3.8) is 0 Å². The second-order valence-electron chi connectivity index (χ2n) is 7.71. The van der Waals surface area contributed by atoms with Crippen molar-refractivity contribution >= 4 is 40.2 Å². The number of fused-ring (bicyclic) bond motifs is 1. The van der Waals surface area contributed by atoms with E-state index in [2.05, 4.69) is 5.32 Å². The van der Waals surface area contributed by atoms with Gasteiger partial charge in [0.2, 0.25) is 0 Å². The number of hydrogen-bond acceptors (Lipinski definition) is 5. The number of nitrogens with one attached hydrogen (secondary N) is 1. The van der Waals surface area contributed by atoms with Crippen LogP contribution in [0.4, 0.5) is 4.39 Å². The first-order valence-corrected chi connectivity index (χ1v) is 12.3. The zero-order valence-corrected chi connectivity index (χ0v) is 20.8. The van der Waals surface area contributed by atoms with Crippen LogP contribution in [0.1, 0.15) is 29.3 Å². The van der Waals surface area contributed by atoms with Gasteiger partial charge in [0.1, 0.15) is 11.6 Å². The highest BCUT2D eigenvalue weighted by atomic mass is 35.5. The highest BCUT2D eigenvalue weighted by Gasteiger charge is 2.17. The molecule has 1 amide bonds. The van der Waals surface area contributed by atoms with Crippen molar-refractivity contribution in [2.45, 2.75) is 24.3 Å². The molecule has 0 spiro atoms. The smallest absolute Gasteiger partial charge is 0.266 e. The van der Waals surface area contributed by atoms with Crippen molar-refractivity contribution < 1.29 is 13.9 Å². The van der Waals surface area contributed by atoms with Crippen molar-refractivity contribution in [3.8, 4) is 11.4 Å². The van der Waals surface area contributed by atoms with Gasteiger partial charge in [0.15, 0.2) is 5.16 Å². The minimum atomic E-state index is -0.431. The Morgan fingerprint density at radius 3 is 2.63 bits per heavy atom. The fourth-order valence-corrected chi connectivity index (χ4v) is 4.87. The number of thioether (sulfide) groups is 1. The summed E-state index contributed by atoms with van der Waals surface area (Å²) in [4.78, 5) is 30.7. The number of halogens is 2. The third-order valence-corrected chi connectivity index (χ3v) is 6.69. The molecule has 6 nitrogen and oxygen atoms in total. The van der Waals surface area contributed by atoms with E-state index >= 15 is 0 Å². The summed E-state index contributed by atoms with van der Waals surface area (Å²) in [5.74, 6) is 0.142. The number of nitrogens with zero attached hydrogens (tertiary/aromatic N) is 2. The molecule has 0 aliphatic rings. The van der Waals surface area contributed by atoms with Gasteiger partial charge in [-0.15, -0.1) is 0 Å². The zero-order chi connectivity index (χ0) is 24.9. The van der Waals surface area contributed by atoms with E-state index in [9.17, 15) is 14.0 Å². The molecule has 0 fully saturated rings. The Hall–Kier alpha value is -3.36. The number of carbonyl (C=O) groups excluding carboxylic acids is 1. The molecule has 35 heavy (non-hydrogen) atoms. The molecule has 1 N–H and O–H groups in total. The van der Waals surface area contributed by atoms with Gasteiger partial charge in [-0.3, -0.25) is 14.2 Å². The van der Waals surface area contributed by atoms with Crippen molar-refractivity contribution in [2.75, 3.05) is 13.7 Å². The summed E-state index contributed by atoms with van der Waals surface area (Å²) < 4.78 is 21.1. The van der Waals surface area contributed by atoms with E-state index in [-0.39, 0.29) is 17.2 Å². The molecule has 180 valence electrons. The van der Waals surface area contributed by atoms with Crippen LogP contribution >= 0.6 is 23.4 Å². The summed E-state index contributed by atoms with van der Waals surface area (Å²) in [6, 6.07) is 16.3. The molecule has 1 aromatic heterocycles. The molecule has 0 aliphatic heterocycles. The predicted octanol–water partition coefficient (Wildman–Crippen LogP) is 5.62. The molecular weight excluding hydrogens is 489 g/mol. The van der Waals surface area contributed by atoms with Crippen LogP contribution in [0.3, 0.4) is 0 Å². The highest BCUT2D eigenvalue weighted by molar-refractivity contribution is 7.98. The normalized spacial score (nSPS) is 11.0. The van der Waals surface area contributed by atoms with Crippen molar-refractivity contribution in [3.05, 3.63) is 93.0 Å². The number of amides is 1. The maximum absolute atomic E-state index is 14.4. The van der Waals surface area contributed by atoms with E-state index in [0.29, 0.717) is 50.2 Å². The van der Waals surface area contributed by atoms with Crippen LogP contribution in [0.25, 0.3) is 16.6 Å². The molecule has 1 heterocycles. The number of methoxy groups -OCH3 is 1. The Labute approximate surface area is 211 Å².